The van der Waals surface area contributed by atoms with Crippen LogP contribution in [0.1, 0.15) is 37.3 Å². The predicted molar refractivity (Wildman–Crippen MR) is 112 cm³/mol. The first-order valence-electron chi connectivity index (χ1n) is 10.4. The van der Waals surface area contributed by atoms with Gasteiger partial charge in [0.15, 0.2) is 0 Å². The smallest absolute Gasteiger partial charge is 0.228 e. The van der Waals surface area contributed by atoms with Crippen molar-refractivity contribution >= 4 is 11.6 Å². The molecular weight excluding hydrogens is 348 g/mol. The standard InChI is InChI=1S/C24H30N2O2/c1-3-18-8-10-19(11-9-18)17-26-14-12-24(13-15-26)16-20(24)23(27)25-21-6-4-5-7-22(21)28-2/h4-11,20H,3,12-17H2,1-2H3,(H,25,27)/t20-/m0/s1. The molecule has 1 saturated carbocycles. The van der Waals surface area contributed by atoms with Crippen LogP contribution in [0.5, 0.6) is 5.75 Å². The van der Waals surface area contributed by atoms with Crippen LogP contribution in [0, 0.1) is 11.3 Å². The number of hydrogen-bond acceptors (Lipinski definition) is 3. The van der Waals surface area contributed by atoms with Crippen LogP contribution in [0.25, 0.3) is 0 Å². The number of benzene rings is 2. The van der Waals surface area contributed by atoms with Gasteiger partial charge in [-0.25, -0.2) is 0 Å². The Morgan fingerprint density at radius 2 is 1.79 bits per heavy atom. The number of carbonyl (C=O) groups is 1. The zero-order valence-electron chi connectivity index (χ0n) is 16.9. The number of piperidine rings is 1. The maximum Gasteiger partial charge on any atom is 0.228 e. The summed E-state index contributed by atoms with van der Waals surface area (Å²) in [6, 6.07) is 16.6. The van der Waals surface area contributed by atoms with Gasteiger partial charge in [0.2, 0.25) is 5.91 Å². The van der Waals surface area contributed by atoms with E-state index in [1.54, 1.807) is 7.11 Å². The van der Waals surface area contributed by atoms with Crippen LogP contribution in [-0.4, -0.2) is 31.0 Å². The van der Waals surface area contributed by atoms with Gasteiger partial charge >= 0.3 is 0 Å². The molecule has 2 fully saturated rings. The number of methoxy groups -OCH3 is 1. The molecule has 1 aliphatic carbocycles. The van der Waals surface area contributed by atoms with Gasteiger partial charge in [0.25, 0.3) is 0 Å². The maximum atomic E-state index is 12.8. The SMILES string of the molecule is CCc1ccc(CN2CCC3(CC2)C[C@H]3C(=O)Nc2ccccc2OC)cc1. The number of hydrogen-bond donors (Lipinski definition) is 1. The van der Waals surface area contributed by atoms with Gasteiger partial charge in [0, 0.05) is 12.5 Å². The van der Waals surface area contributed by atoms with E-state index < -0.39 is 0 Å². The van der Waals surface area contributed by atoms with E-state index in [0.717, 1.165) is 56.8 Å². The van der Waals surface area contributed by atoms with Gasteiger partial charge in [-0.3, -0.25) is 9.69 Å². The lowest BCUT2D eigenvalue weighted by atomic mass is 9.90. The van der Waals surface area contributed by atoms with Crippen molar-refractivity contribution < 1.29 is 9.53 Å². The summed E-state index contributed by atoms with van der Waals surface area (Å²) < 4.78 is 5.35. The second kappa shape index (κ2) is 7.96. The summed E-state index contributed by atoms with van der Waals surface area (Å²) in [5.74, 6) is 1.01. The summed E-state index contributed by atoms with van der Waals surface area (Å²) in [5.41, 5.74) is 3.76. The Morgan fingerprint density at radius 3 is 2.46 bits per heavy atom. The van der Waals surface area contributed by atoms with Crippen LogP contribution in [0.4, 0.5) is 5.69 Å². The summed E-state index contributed by atoms with van der Waals surface area (Å²) in [6.07, 6.45) is 4.34. The quantitative estimate of drug-likeness (QED) is 0.805. The average Bonchev–Trinajstić information content (AvgIpc) is 3.44. The molecule has 2 aliphatic rings. The van der Waals surface area contributed by atoms with E-state index >= 15 is 0 Å². The van der Waals surface area contributed by atoms with Crippen LogP contribution < -0.4 is 10.1 Å². The molecule has 2 aromatic rings. The van der Waals surface area contributed by atoms with Crippen LogP contribution in [0.15, 0.2) is 48.5 Å². The molecule has 0 unspecified atom stereocenters. The van der Waals surface area contributed by atoms with Crippen molar-refractivity contribution in [3.8, 4) is 5.75 Å². The fourth-order valence-electron chi connectivity index (χ4n) is 4.53. The Kier molecular flexibility index (Phi) is 5.40. The van der Waals surface area contributed by atoms with E-state index in [2.05, 4.69) is 41.4 Å². The fourth-order valence-corrected chi connectivity index (χ4v) is 4.53. The monoisotopic (exact) mass is 378 g/mol. The topological polar surface area (TPSA) is 41.6 Å². The van der Waals surface area contributed by atoms with Crippen LogP contribution >= 0.6 is 0 Å². The largest absolute Gasteiger partial charge is 0.495 e. The Hall–Kier alpha value is -2.33. The van der Waals surface area contributed by atoms with Gasteiger partial charge < -0.3 is 10.1 Å². The lowest BCUT2D eigenvalue weighted by Gasteiger charge is -2.32. The van der Waals surface area contributed by atoms with Crippen LogP contribution in [0.2, 0.25) is 0 Å². The zero-order valence-corrected chi connectivity index (χ0v) is 16.9. The lowest BCUT2D eigenvalue weighted by molar-refractivity contribution is -0.118. The first kappa shape index (κ1) is 19.0. The molecule has 1 heterocycles. The molecule has 4 heteroatoms. The molecule has 1 atom stereocenters. The second-order valence-corrected chi connectivity index (χ2v) is 8.25. The highest BCUT2D eigenvalue weighted by Gasteiger charge is 2.58. The zero-order chi connectivity index (χ0) is 19.6. The first-order valence-corrected chi connectivity index (χ1v) is 10.4. The number of aryl methyl sites for hydroxylation is 1. The molecule has 148 valence electrons. The first-order chi connectivity index (χ1) is 13.6. The van der Waals surface area contributed by atoms with Gasteiger partial charge in [0.05, 0.1) is 12.8 Å². The Bertz CT molecular complexity index is 823. The number of carbonyl (C=O) groups excluding carboxylic acids is 1. The number of nitrogens with zero attached hydrogens (tertiary/aromatic N) is 1. The van der Waals surface area contributed by atoms with E-state index in [1.165, 1.54) is 11.1 Å². The number of amides is 1. The molecule has 4 rings (SSSR count). The van der Waals surface area contributed by atoms with Crippen molar-refractivity contribution in [2.45, 2.75) is 39.2 Å². The van der Waals surface area contributed by atoms with E-state index in [4.69, 9.17) is 4.74 Å². The second-order valence-electron chi connectivity index (χ2n) is 8.25. The van der Waals surface area contributed by atoms with Gasteiger partial charge in [0.1, 0.15) is 5.75 Å². The Labute approximate surface area is 167 Å². The molecule has 1 saturated heterocycles. The highest BCUT2D eigenvalue weighted by Crippen LogP contribution is 2.59. The Balaban J connectivity index is 1.29. The summed E-state index contributed by atoms with van der Waals surface area (Å²) in [4.78, 5) is 15.3. The summed E-state index contributed by atoms with van der Waals surface area (Å²) in [7, 11) is 1.63. The number of nitrogens with one attached hydrogen (secondary N) is 1. The van der Waals surface area contributed by atoms with Crippen molar-refractivity contribution in [2.75, 3.05) is 25.5 Å². The lowest BCUT2D eigenvalue weighted by Crippen LogP contribution is -2.35. The van der Waals surface area contributed by atoms with Gasteiger partial charge in [-0.05, 0) is 67.4 Å². The molecule has 0 aromatic heterocycles. The average molecular weight is 379 g/mol. The molecule has 0 radical (unpaired) electrons. The third kappa shape index (κ3) is 3.93. The molecule has 2 aromatic carbocycles. The Morgan fingerprint density at radius 1 is 1.11 bits per heavy atom. The normalized spacial score (nSPS) is 20.7. The number of rotatable bonds is 6. The van der Waals surface area contributed by atoms with E-state index in [0.29, 0.717) is 0 Å². The van der Waals surface area contributed by atoms with E-state index in [-0.39, 0.29) is 17.2 Å². The highest BCUT2D eigenvalue weighted by molar-refractivity contribution is 5.96. The summed E-state index contributed by atoms with van der Waals surface area (Å²) in [5, 5.41) is 3.08. The van der Waals surface area contributed by atoms with Gasteiger partial charge in [-0.2, -0.15) is 0 Å². The molecular formula is C24H30N2O2. The third-order valence-electron chi connectivity index (χ3n) is 6.56. The van der Waals surface area contributed by atoms with E-state index in [1.807, 2.05) is 24.3 Å². The molecule has 1 N–H and O–H groups in total. The molecule has 28 heavy (non-hydrogen) atoms. The highest BCUT2D eigenvalue weighted by atomic mass is 16.5. The van der Waals surface area contributed by atoms with Crippen molar-refractivity contribution in [3.05, 3.63) is 59.7 Å². The van der Waals surface area contributed by atoms with Crippen LogP contribution in [0.3, 0.4) is 0 Å². The minimum absolute atomic E-state index is 0.142. The van der Waals surface area contributed by atoms with Crippen molar-refractivity contribution in [3.63, 3.8) is 0 Å². The van der Waals surface area contributed by atoms with Gasteiger partial charge in [-0.15, -0.1) is 0 Å². The van der Waals surface area contributed by atoms with Crippen molar-refractivity contribution in [1.29, 1.82) is 0 Å². The maximum absolute atomic E-state index is 12.8. The fraction of sp³-hybridized carbons (Fsp3) is 0.458. The number of likely N-dealkylation sites (tertiary alicyclic amines) is 1. The number of anilines is 1. The molecule has 4 nitrogen and oxygen atoms in total. The van der Waals surface area contributed by atoms with Gasteiger partial charge in [-0.1, -0.05) is 43.3 Å². The van der Waals surface area contributed by atoms with Crippen molar-refractivity contribution in [2.24, 2.45) is 11.3 Å². The van der Waals surface area contributed by atoms with Crippen molar-refractivity contribution in [1.82, 2.24) is 4.90 Å². The predicted octanol–water partition coefficient (Wildman–Crippen LogP) is 4.50. The minimum Gasteiger partial charge on any atom is -0.495 e. The molecule has 1 amide bonds. The number of para-hydroxylation sites is 2. The summed E-state index contributed by atoms with van der Waals surface area (Å²) in [6.45, 7) is 5.36. The molecule has 1 spiro atoms. The summed E-state index contributed by atoms with van der Waals surface area (Å²) >= 11 is 0. The van der Waals surface area contributed by atoms with E-state index in [9.17, 15) is 4.79 Å². The third-order valence-corrected chi connectivity index (χ3v) is 6.56. The molecule has 0 bridgehead atoms. The van der Waals surface area contributed by atoms with Crippen LogP contribution in [-0.2, 0) is 17.8 Å². The minimum atomic E-state index is 0.142. The molecule has 1 aliphatic heterocycles. The number of ether oxygens (including phenoxy) is 1.